The third-order valence-corrected chi connectivity index (χ3v) is 6.16. The molecule has 8 heteroatoms. The normalized spacial score (nSPS) is 13.3. The molecule has 1 amide bonds. The Morgan fingerprint density at radius 3 is 2.64 bits per heavy atom. The maximum atomic E-state index is 12.5. The van der Waals surface area contributed by atoms with Crippen molar-refractivity contribution in [3.63, 3.8) is 0 Å². The second-order valence-corrected chi connectivity index (χ2v) is 8.09. The van der Waals surface area contributed by atoms with Crippen LogP contribution in [0.25, 0.3) is 10.2 Å². The van der Waals surface area contributed by atoms with Crippen molar-refractivity contribution in [1.29, 1.82) is 0 Å². The standard InChI is InChI=1S/C20H22N4O3S/c1-12-9-16(17(24(26)27)10-13(12)2)21-19(25)11-23(4)14(3)20-22-15-7-5-6-8-18(15)28-20/h5-10,14H,11H2,1-4H3,(H,21,25)/p+1/t14-/m0/s1. The van der Waals surface area contributed by atoms with Gasteiger partial charge in [-0.1, -0.05) is 12.1 Å². The van der Waals surface area contributed by atoms with Gasteiger partial charge in [0.15, 0.2) is 11.6 Å². The van der Waals surface area contributed by atoms with E-state index in [0.29, 0.717) is 0 Å². The highest BCUT2D eigenvalue weighted by Gasteiger charge is 2.24. The third-order valence-electron chi connectivity index (χ3n) is 4.94. The highest BCUT2D eigenvalue weighted by Crippen LogP contribution is 2.28. The number of para-hydroxylation sites is 1. The molecule has 0 aliphatic rings. The predicted molar refractivity (Wildman–Crippen MR) is 111 cm³/mol. The number of nitrogens with one attached hydrogen (secondary N) is 2. The number of carbonyl (C=O) groups is 1. The van der Waals surface area contributed by atoms with E-state index in [2.05, 4.69) is 10.3 Å². The smallest absolute Gasteiger partial charge is 0.293 e. The van der Waals surface area contributed by atoms with Crippen LogP contribution in [-0.2, 0) is 4.79 Å². The molecule has 0 aliphatic heterocycles. The SMILES string of the molecule is Cc1cc(NC(=O)C[NH+](C)[C@@H](C)c2nc3ccccc3s2)c([N+](=O)[O-])cc1C. The van der Waals surface area contributed by atoms with Crippen LogP contribution in [0, 0.1) is 24.0 Å². The number of rotatable bonds is 6. The molecular formula is C20H23N4O3S+. The Hall–Kier alpha value is -2.84. The number of hydrogen-bond donors (Lipinski definition) is 2. The molecule has 3 rings (SSSR count). The van der Waals surface area contributed by atoms with Crippen LogP contribution >= 0.6 is 11.3 Å². The zero-order valence-corrected chi connectivity index (χ0v) is 17.1. The molecule has 0 aliphatic carbocycles. The van der Waals surface area contributed by atoms with Gasteiger partial charge in [-0.3, -0.25) is 14.9 Å². The lowest BCUT2D eigenvalue weighted by Gasteiger charge is -2.19. The summed E-state index contributed by atoms with van der Waals surface area (Å²) in [5.41, 5.74) is 2.81. The van der Waals surface area contributed by atoms with Gasteiger partial charge in [-0.25, -0.2) is 4.98 Å². The van der Waals surface area contributed by atoms with Crippen LogP contribution in [0.15, 0.2) is 36.4 Å². The number of carbonyl (C=O) groups excluding carboxylic acids is 1. The Bertz CT molecular complexity index is 1010. The number of anilines is 1. The summed E-state index contributed by atoms with van der Waals surface area (Å²) in [6.07, 6.45) is 0. The minimum Gasteiger partial charge on any atom is -0.322 e. The molecule has 3 aromatic rings. The second kappa shape index (κ2) is 8.04. The fourth-order valence-corrected chi connectivity index (χ4v) is 4.05. The first-order valence-corrected chi connectivity index (χ1v) is 9.81. The van der Waals surface area contributed by atoms with Crippen molar-refractivity contribution < 1.29 is 14.6 Å². The third kappa shape index (κ3) is 4.18. The highest BCUT2D eigenvalue weighted by molar-refractivity contribution is 7.18. The number of quaternary nitrogens is 1. The molecule has 7 nitrogen and oxygen atoms in total. The summed E-state index contributed by atoms with van der Waals surface area (Å²) in [6.45, 7) is 5.88. The van der Waals surface area contributed by atoms with Gasteiger partial charge in [-0.15, -0.1) is 11.3 Å². The Kier molecular flexibility index (Phi) is 5.71. The molecule has 0 bridgehead atoms. The van der Waals surface area contributed by atoms with E-state index in [0.717, 1.165) is 31.3 Å². The number of nitrogens with zero attached hydrogens (tertiary/aromatic N) is 2. The van der Waals surface area contributed by atoms with Crippen molar-refractivity contribution in [2.24, 2.45) is 0 Å². The van der Waals surface area contributed by atoms with Gasteiger partial charge in [0.2, 0.25) is 0 Å². The Morgan fingerprint density at radius 1 is 1.29 bits per heavy atom. The van der Waals surface area contributed by atoms with E-state index >= 15 is 0 Å². The minimum atomic E-state index is -0.470. The van der Waals surface area contributed by atoms with Crippen LogP contribution in [-0.4, -0.2) is 29.4 Å². The number of aromatic nitrogens is 1. The fraction of sp³-hybridized carbons (Fsp3) is 0.300. The van der Waals surface area contributed by atoms with Gasteiger partial charge in [-0.2, -0.15) is 0 Å². The first kappa shape index (κ1) is 19.9. The topological polar surface area (TPSA) is 89.6 Å². The molecule has 0 fully saturated rings. The molecular weight excluding hydrogens is 376 g/mol. The van der Waals surface area contributed by atoms with Crippen LogP contribution in [0.2, 0.25) is 0 Å². The summed E-state index contributed by atoms with van der Waals surface area (Å²) in [4.78, 5) is 29.0. The minimum absolute atomic E-state index is 0.0258. The number of aryl methyl sites for hydroxylation is 2. The monoisotopic (exact) mass is 399 g/mol. The van der Waals surface area contributed by atoms with Crippen LogP contribution in [0.3, 0.4) is 0 Å². The van der Waals surface area contributed by atoms with Crippen molar-refractivity contribution in [1.82, 2.24) is 4.98 Å². The molecule has 2 N–H and O–H groups in total. The van der Waals surface area contributed by atoms with E-state index in [1.165, 1.54) is 6.07 Å². The zero-order valence-electron chi connectivity index (χ0n) is 16.3. The second-order valence-electron chi connectivity index (χ2n) is 7.02. The van der Waals surface area contributed by atoms with E-state index in [1.807, 2.05) is 52.1 Å². The molecule has 146 valence electrons. The maximum Gasteiger partial charge on any atom is 0.293 e. The van der Waals surface area contributed by atoms with E-state index in [-0.39, 0.29) is 29.9 Å². The molecule has 0 saturated heterocycles. The largest absolute Gasteiger partial charge is 0.322 e. The summed E-state index contributed by atoms with van der Waals surface area (Å²) >= 11 is 1.62. The van der Waals surface area contributed by atoms with Gasteiger partial charge in [-0.05, 0) is 50.1 Å². The average Bonchev–Trinajstić information content (AvgIpc) is 3.07. The molecule has 0 spiro atoms. The summed E-state index contributed by atoms with van der Waals surface area (Å²) in [6, 6.07) is 11.1. The number of benzene rings is 2. The van der Waals surface area contributed by atoms with Crippen molar-refractivity contribution in [2.45, 2.75) is 26.8 Å². The van der Waals surface area contributed by atoms with E-state index in [1.54, 1.807) is 17.4 Å². The Labute approximate surface area is 167 Å². The number of likely N-dealkylation sites (N-methyl/N-ethyl adjacent to an activating group) is 1. The molecule has 28 heavy (non-hydrogen) atoms. The van der Waals surface area contributed by atoms with Crippen LogP contribution < -0.4 is 10.2 Å². The summed E-state index contributed by atoms with van der Waals surface area (Å²) < 4.78 is 1.12. The molecule has 2 aromatic carbocycles. The van der Waals surface area contributed by atoms with Crippen molar-refractivity contribution >= 4 is 38.8 Å². The van der Waals surface area contributed by atoms with Gasteiger partial charge in [0.25, 0.3) is 11.6 Å². The summed E-state index contributed by atoms with van der Waals surface area (Å²) in [7, 11) is 1.92. The van der Waals surface area contributed by atoms with Gasteiger partial charge >= 0.3 is 0 Å². The van der Waals surface area contributed by atoms with E-state index in [4.69, 9.17) is 0 Å². The van der Waals surface area contributed by atoms with Crippen LogP contribution in [0.4, 0.5) is 11.4 Å². The van der Waals surface area contributed by atoms with Gasteiger partial charge in [0, 0.05) is 6.07 Å². The molecule has 1 unspecified atom stereocenters. The maximum absolute atomic E-state index is 12.5. The fourth-order valence-electron chi connectivity index (χ4n) is 2.94. The van der Waals surface area contributed by atoms with Gasteiger partial charge in [0.05, 0.1) is 22.2 Å². The molecule has 1 aromatic heterocycles. The zero-order chi connectivity index (χ0) is 20.4. The number of fused-ring (bicyclic) bond motifs is 1. The lowest BCUT2D eigenvalue weighted by atomic mass is 10.1. The average molecular weight is 399 g/mol. The lowest BCUT2D eigenvalue weighted by Crippen LogP contribution is -3.10. The predicted octanol–water partition coefficient (Wildman–Crippen LogP) is 3.04. The van der Waals surface area contributed by atoms with Gasteiger partial charge in [0.1, 0.15) is 11.7 Å². The van der Waals surface area contributed by atoms with Crippen LogP contribution in [0.1, 0.15) is 29.1 Å². The van der Waals surface area contributed by atoms with E-state index in [9.17, 15) is 14.9 Å². The highest BCUT2D eigenvalue weighted by atomic mass is 32.1. The molecule has 0 saturated carbocycles. The first-order valence-electron chi connectivity index (χ1n) is 8.99. The number of hydrogen-bond acceptors (Lipinski definition) is 5. The number of nitro groups is 1. The summed E-state index contributed by atoms with van der Waals surface area (Å²) in [5, 5.41) is 15.0. The number of thiazole rings is 1. The van der Waals surface area contributed by atoms with Crippen molar-refractivity contribution in [3.05, 3.63) is 62.6 Å². The van der Waals surface area contributed by atoms with Crippen LogP contribution in [0.5, 0.6) is 0 Å². The van der Waals surface area contributed by atoms with E-state index < -0.39 is 4.92 Å². The molecule has 2 atom stereocenters. The van der Waals surface area contributed by atoms with Gasteiger partial charge < -0.3 is 10.2 Å². The lowest BCUT2D eigenvalue weighted by molar-refractivity contribution is -0.902. The Balaban J connectivity index is 1.72. The van der Waals surface area contributed by atoms with Crippen molar-refractivity contribution in [2.75, 3.05) is 18.9 Å². The quantitative estimate of drug-likeness (QED) is 0.492. The molecule has 1 heterocycles. The molecule has 0 radical (unpaired) electrons. The summed E-state index contributed by atoms with van der Waals surface area (Å²) in [5.74, 6) is -0.267. The number of amides is 1. The Morgan fingerprint density at radius 2 is 1.96 bits per heavy atom. The number of nitro benzene ring substituents is 1. The van der Waals surface area contributed by atoms with Crippen molar-refractivity contribution in [3.8, 4) is 0 Å². The first-order chi connectivity index (χ1) is 13.3.